The molecule has 1 unspecified atom stereocenters. The summed E-state index contributed by atoms with van der Waals surface area (Å²) in [7, 11) is 0. The predicted octanol–water partition coefficient (Wildman–Crippen LogP) is 3.65. The van der Waals surface area contributed by atoms with Gasteiger partial charge in [-0.15, -0.1) is 0 Å². The number of carbonyl (C=O) groups excluding carboxylic acids is 1. The molecule has 6 heteroatoms. The number of benzene rings is 2. The van der Waals surface area contributed by atoms with Crippen LogP contribution in [-0.2, 0) is 22.6 Å². The zero-order chi connectivity index (χ0) is 22.5. The van der Waals surface area contributed by atoms with Crippen LogP contribution in [0, 0.1) is 12.8 Å². The molecule has 1 atom stereocenters. The highest BCUT2D eigenvalue weighted by Crippen LogP contribution is 2.31. The summed E-state index contributed by atoms with van der Waals surface area (Å²) in [6, 6.07) is 14.4. The van der Waals surface area contributed by atoms with Crippen LogP contribution < -0.4 is 9.47 Å². The van der Waals surface area contributed by atoms with E-state index in [1.165, 1.54) is 11.1 Å². The largest absolute Gasteiger partial charge is 0.486 e. The molecule has 2 aliphatic rings. The Morgan fingerprint density at radius 1 is 1.09 bits per heavy atom. The third-order valence-corrected chi connectivity index (χ3v) is 5.96. The third-order valence-electron chi connectivity index (χ3n) is 5.96. The lowest BCUT2D eigenvalue weighted by molar-refractivity contribution is -0.151. The molecule has 2 aromatic rings. The number of aryl methyl sites for hydroxylation is 1. The molecule has 2 aromatic carbocycles. The Morgan fingerprint density at radius 2 is 1.88 bits per heavy atom. The maximum Gasteiger partial charge on any atom is 0.253 e. The van der Waals surface area contributed by atoms with E-state index in [0.29, 0.717) is 45.4 Å². The highest BCUT2D eigenvalue weighted by molar-refractivity contribution is 5.81. The molecular formula is C26H34N2O4. The number of amides is 1. The number of nitrogens with zero attached hydrogens (tertiary/aromatic N) is 2. The molecule has 2 aliphatic heterocycles. The van der Waals surface area contributed by atoms with E-state index in [4.69, 9.17) is 14.2 Å². The maximum absolute atomic E-state index is 13.5. The lowest BCUT2D eigenvalue weighted by Crippen LogP contribution is -2.51. The van der Waals surface area contributed by atoms with E-state index < -0.39 is 6.10 Å². The van der Waals surface area contributed by atoms with Crippen molar-refractivity contribution in [1.29, 1.82) is 0 Å². The van der Waals surface area contributed by atoms with Crippen molar-refractivity contribution in [3.8, 4) is 11.5 Å². The molecule has 32 heavy (non-hydrogen) atoms. The fraction of sp³-hybridized carbons (Fsp3) is 0.500. The highest BCUT2D eigenvalue weighted by atomic mass is 16.6. The van der Waals surface area contributed by atoms with Crippen molar-refractivity contribution in [2.75, 3.05) is 39.5 Å². The lowest BCUT2D eigenvalue weighted by Gasteiger charge is -2.36. The molecule has 0 bridgehead atoms. The molecule has 0 aromatic heterocycles. The van der Waals surface area contributed by atoms with Crippen molar-refractivity contribution < 1.29 is 19.0 Å². The Balaban J connectivity index is 1.44. The van der Waals surface area contributed by atoms with Crippen LogP contribution in [0.2, 0.25) is 0 Å². The van der Waals surface area contributed by atoms with Crippen LogP contribution in [0.3, 0.4) is 0 Å². The predicted molar refractivity (Wildman–Crippen MR) is 124 cm³/mol. The lowest BCUT2D eigenvalue weighted by atomic mass is 10.1. The molecule has 0 N–H and O–H groups in total. The van der Waals surface area contributed by atoms with Crippen LogP contribution in [0.5, 0.6) is 11.5 Å². The van der Waals surface area contributed by atoms with Crippen LogP contribution >= 0.6 is 0 Å². The summed E-state index contributed by atoms with van der Waals surface area (Å²) in [6.07, 6.45) is -0.441. The first kappa shape index (κ1) is 22.6. The third kappa shape index (κ3) is 5.61. The SMILES string of the molecule is Cc1ccccc1CN1CCOC(C(=O)N(Cc2ccc3c(c2)OCCO3)CC(C)C)C1. The topological polar surface area (TPSA) is 51.2 Å². The average molecular weight is 439 g/mol. The van der Waals surface area contributed by atoms with Gasteiger partial charge in [0.15, 0.2) is 11.5 Å². The van der Waals surface area contributed by atoms with E-state index in [1.807, 2.05) is 23.1 Å². The van der Waals surface area contributed by atoms with Gasteiger partial charge in [-0.2, -0.15) is 0 Å². The number of hydrogen-bond acceptors (Lipinski definition) is 5. The number of fused-ring (bicyclic) bond motifs is 1. The van der Waals surface area contributed by atoms with Crippen molar-refractivity contribution in [3.63, 3.8) is 0 Å². The number of morpholine rings is 1. The van der Waals surface area contributed by atoms with Crippen LogP contribution in [0.1, 0.15) is 30.5 Å². The van der Waals surface area contributed by atoms with Crippen molar-refractivity contribution in [1.82, 2.24) is 9.80 Å². The molecular weight excluding hydrogens is 404 g/mol. The van der Waals surface area contributed by atoms with Gasteiger partial charge in [0.05, 0.1) is 6.61 Å². The van der Waals surface area contributed by atoms with Crippen molar-refractivity contribution >= 4 is 5.91 Å². The standard InChI is InChI=1S/C26H34N2O4/c1-19(2)15-28(16-21-8-9-23-24(14-21)32-13-12-31-23)26(29)25-18-27(10-11-30-25)17-22-7-5-4-6-20(22)3/h4-9,14,19,25H,10-13,15-18H2,1-3H3. The minimum atomic E-state index is -0.441. The summed E-state index contributed by atoms with van der Waals surface area (Å²) >= 11 is 0. The zero-order valence-corrected chi connectivity index (χ0v) is 19.4. The van der Waals surface area contributed by atoms with Gasteiger partial charge in [0.2, 0.25) is 0 Å². The second kappa shape index (κ2) is 10.4. The second-order valence-electron chi connectivity index (χ2n) is 9.11. The average Bonchev–Trinajstić information content (AvgIpc) is 2.79. The van der Waals surface area contributed by atoms with Gasteiger partial charge < -0.3 is 19.1 Å². The molecule has 6 nitrogen and oxygen atoms in total. The highest BCUT2D eigenvalue weighted by Gasteiger charge is 2.31. The van der Waals surface area contributed by atoms with Gasteiger partial charge in [-0.1, -0.05) is 44.2 Å². The van der Waals surface area contributed by atoms with Gasteiger partial charge in [0.25, 0.3) is 5.91 Å². The fourth-order valence-electron chi connectivity index (χ4n) is 4.31. The van der Waals surface area contributed by atoms with E-state index in [9.17, 15) is 4.79 Å². The number of rotatable bonds is 7. The van der Waals surface area contributed by atoms with Crippen LogP contribution in [0.15, 0.2) is 42.5 Å². The molecule has 1 amide bonds. The van der Waals surface area contributed by atoms with Gasteiger partial charge in [-0.05, 0) is 41.7 Å². The smallest absolute Gasteiger partial charge is 0.253 e. The second-order valence-corrected chi connectivity index (χ2v) is 9.11. The quantitative estimate of drug-likeness (QED) is 0.661. The van der Waals surface area contributed by atoms with Crippen molar-refractivity contribution in [2.24, 2.45) is 5.92 Å². The van der Waals surface area contributed by atoms with Crippen molar-refractivity contribution in [3.05, 3.63) is 59.2 Å². The fourth-order valence-corrected chi connectivity index (χ4v) is 4.31. The van der Waals surface area contributed by atoms with E-state index in [-0.39, 0.29) is 5.91 Å². The van der Waals surface area contributed by atoms with Crippen molar-refractivity contribution in [2.45, 2.75) is 40.0 Å². The zero-order valence-electron chi connectivity index (χ0n) is 19.4. The Bertz CT molecular complexity index is 930. The normalized spacial score (nSPS) is 18.6. The summed E-state index contributed by atoms with van der Waals surface area (Å²) in [5, 5.41) is 0. The minimum Gasteiger partial charge on any atom is -0.486 e. The molecule has 0 saturated carbocycles. The first-order valence-corrected chi connectivity index (χ1v) is 11.6. The molecule has 172 valence electrons. The van der Waals surface area contributed by atoms with Crippen LogP contribution in [0.25, 0.3) is 0 Å². The van der Waals surface area contributed by atoms with Crippen LogP contribution in [-0.4, -0.2) is 61.3 Å². The van der Waals surface area contributed by atoms with Gasteiger partial charge >= 0.3 is 0 Å². The Morgan fingerprint density at radius 3 is 2.66 bits per heavy atom. The molecule has 1 saturated heterocycles. The molecule has 1 fully saturated rings. The summed E-state index contributed by atoms with van der Waals surface area (Å²) in [5.74, 6) is 1.94. The molecule has 2 heterocycles. The summed E-state index contributed by atoms with van der Waals surface area (Å²) in [6.45, 7) is 11.6. The Kier molecular flexibility index (Phi) is 7.33. The maximum atomic E-state index is 13.5. The minimum absolute atomic E-state index is 0.0584. The number of ether oxygens (including phenoxy) is 3. The number of carbonyl (C=O) groups is 1. The van der Waals surface area contributed by atoms with Gasteiger partial charge in [-0.25, -0.2) is 0 Å². The summed E-state index contributed by atoms with van der Waals surface area (Å²) in [4.78, 5) is 17.8. The Hall–Kier alpha value is -2.57. The Labute approximate surface area is 191 Å². The van der Waals surface area contributed by atoms with E-state index in [2.05, 4.69) is 49.9 Å². The first-order valence-electron chi connectivity index (χ1n) is 11.6. The number of hydrogen-bond donors (Lipinski definition) is 0. The molecule has 0 spiro atoms. The van der Waals surface area contributed by atoms with Gasteiger partial charge in [-0.3, -0.25) is 9.69 Å². The molecule has 0 radical (unpaired) electrons. The molecule has 0 aliphatic carbocycles. The van der Waals surface area contributed by atoms with Gasteiger partial charge in [0, 0.05) is 32.7 Å². The van der Waals surface area contributed by atoms with E-state index in [1.54, 1.807) is 0 Å². The van der Waals surface area contributed by atoms with Crippen LogP contribution in [0.4, 0.5) is 0 Å². The monoisotopic (exact) mass is 438 g/mol. The first-order chi connectivity index (χ1) is 15.5. The summed E-state index contributed by atoms with van der Waals surface area (Å²) in [5.41, 5.74) is 3.62. The van der Waals surface area contributed by atoms with E-state index >= 15 is 0 Å². The molecule has 4 rings (SSSR count). The summed E-state index contributed by atoms with van der Waals surface area (Å²) < 4.78 is 17.3. The van der Waals surface area contributed by atoms with E-state index in [0.717, 1.165) is 30.2 Å². The van der Waals surface area contributed by atoms with Gasteiger partial charge in [0.1, 0.15) is 19.3 Å².